The number of carbonyl (C=O) groups is 2. The molecule has 0 saturated heterocycles. The molecule has 1 amide bonds. The molecule has 0 rings (SSSR count). The van der Waals surface area contributed by atoms with Crippen LogP contribution in [0.4, 0.5) is 0 Å². The van der Waals surface area contributed by atoms with Crippen molar-refractivity contribution in [2.45, 2.75) is 45.6 Å². The summed E-state index contributed by atoms with van der Waals surface area (Å²) in [5.41, 5.74) is 0. The van der Waals surface area contributed by atoms with Gasteiger partial charge in [-0.3, -0.25) is 9.59 Å². The van der Waals surface area contributed by atoms with Crippen molar-refractivity contribution >= 4 is 11.9 Å². The van der Waals surface area contributed by atoms with Gasteiger partial charge in [-0.2, -0.15) is 0 Å². The maximum atomic E-state index is 11.6. The van der Waals surface area contributed by atoms with Crippen LogP contribution in [-0.2, 0) is 14.3 Å². The van der Waals surface area contributed by atoms with Crippen molar-refractivity contribution < 1.29 is 19.4 Å². The molecule has 0 aliphatic rings. The van der Waals surface area contributed by atoms with Crippen LogP contribution in [0.2, 0.25) is 0 Å². The minimum absolute atomic E-state index is 0.0156. The van der Waals surface area contributed by atoms with Crippen molar-refractivity contribution in [3.63, 3.8) is 0 Å². The molecule has 0 aromatic carbocycles. The number of hydrogen-bond acceptors (Lipinski definition) is 3. The molecule has 17 heavy (non-hydrogen) atoms. The number of carboxylic acid groups (broad SMARTS) is 1. The highest BCUT2D eigenvalue weighted by Crippen LogP contribution is 2.06. The number of carboxylic acids is 1. The van der Waals surface area contributed by atoms with Crippen LogP contribution in [-0.4, -0.2) is 36.7 Å². The van der Waals surface area contributed by atoms with Gasteiger partial charge in [0.15, 0.2) is 0 Å². The molecule has 0 fully saturated rings. The van der Waals surface area contributed by atoms with Gasteiger partial charge in [0.05, 0.1) is 6.42 Å². The SMILES string of the molecule is CCCC(CC(=O)O)NC(=O)CC(C)COC. The molecule has 0 aliphatic carbocycles. The first-order valence-electron chi connectivity index (χ1n) is 5.99. The number of nitrogens with one attached hydrogen (secondary N) is 1. The number of hydrogen-bond donors (Lipinski definition) is 2. The molecule has 100 valence electrons. The van der Waals surface area contributed by atoms with E-state index in [1.165, 1.54) is 0 Å². The Hall–Kier alpha value is -1.10. The summed E-state index contributed by atoms with van der Waals surface area (Å²) < 4.78 is 4.95. The van der Waals surface area contributed by atoms with Crippen LogP contribution >= 0.6 is 0 Å². The summed E-state index contributed by atoms with van der Waals surface area (Å²) in [6, 6.07) is -0.264. The number of amides is 1. The fourth-order valence-electron chi connectivity index (χ4n) is 1.73. The van der Waals surface area contributed by atoms with Gasteiger partial charge in [0.2, 0.25) is 5.91 Å². The summed E-state index contributed by atoms with van der Waals surface area (Å²) in [5.74, 6) is -0.838. The predicted molar refractivity (Wildman–Crippen MR) is 64.7 cm³/mol. The predicted octanol–water partition coefficient (Wildman–Crippen LogP) is 1.42. The topological polar surface area (TPSA) is 75.6 Å². The van der Waals surface area contributed by atoms with Gasteiger partial charge < -0.3 is 15.2 Å². The second-order valence-corrected chi connectivity index (χ2v) is 4.42. The standard InChI is InChI=1S/C12H23NO4/c1-4-5-10(7-12(15)16)13-11(14)6-9(2)8-17-3/h9-10H,4-8H2,1-3H3,(H,13,14)(H,15,16). The summed E-state index contributed by atoms with van der Waals surface area (Å²) in [4.78, 5) is 22.3. The number of carbonyl (C=O) groups excluding carboxylic acids is 1. The normalized spacial score (nSPS) is 14.1. The fourth-order valence-corrected chi connectivity index (χ4v) is 1.73. The van der Waals surface area contributed by atoms with Crippen LogP contribution in [0.15, 0.2) is 0 Å². The lowest BCUT2D eigenvalue weighted by Crippen LogP contribution is -2.37. The largest absolute Gasteiger partial charge is 0.481 e. The highest BCUT2D eigenvalue weighted by Gasteiger charge is 2.16. The van der Waals surface area contributed by atoms with Gasteiger partial charge in [0, 0.05) is 26.2 Å². The molecule has 0 aliphatic heterocycles. The summed E-state index contributed by atoms with van der Waals surface area (Å²) in [5, 5.41) is 11.5. The van der Waals surface area contributed by atoms with Gasteiger partial charge in [0.25, 0.3) is 0 Å². The molecule has 2 atom stereocenters. The van der Waals surface area contributed by atoms with E-state index in [0.717, 1.165) is 6.42 Å². The average molecular weight is 245 g/mol. The quantitative estimate of drug-likeness (QED) is 0.644. The first-order valence-corrected chi connectivity index (χ1v) is 5.99. The molecule has 2 N–H and O–H groups in total. The Kier molecular flexibility index (Phi) is 8.40. The maximum Gasteiger partial charge on any atom is 0.305 e. The van der Waals surface area contributed by atoms with E-state index in [0.29, 0.717) is 19.4 Å². The van der Waals surface area contributed by atoms with Crippen molar-refractivity contribution in [3.05, 3.63) is 0 Å². The van der Waals surface area contributed by atoms with Crippen molar-refractivity contribution in [3.8, 4) is 0 Å². The minimum atomic E-state index is -0.881. The number of ether oxygens (including phenoxy) is 1. The Balaban J connectivity index is 4.06. The molecule has 5 heteroatoms. The molecule has 0 aromatic rings. The zero-order valence-electron chi connectivity index (χ0n) is 10.9. The summed E-state index contributed by atoms with van der Waals surface area (Å²) in [6.45, 7) is 4.43. The zero-order chi connectivity index (χ0) is 13.3. The van der Waals surface area contributed by atoms with Gasteiger partial charge in [-0.25, -0.2) is 0 Å². The third kappa shape index (κ3) is 8.68. The van der Waals surface area contributed by atoms with Crippen molar-refractivity contribution in [1.29, 1.82) is 0 Å². The molecule has 0 heterocycles. The minimum Gasteiger partial charge on any atom is -0.481 e. The van der Waals surface area contributed by atoms with Crippen LogP contribution in [0.25, 0.3) is 0 Å². The lowest BCUT2D eigenvalue weighted by molar-refractivity contribution is -0.137. The molecular formula is C12H23NO4. The number of rotatable bonds is 9. The Morgan fingerprint density at radius 1 is 1.35 bits per heavy atom. The van der Waals surface area contributed by atoms with Gasteiger partial charge in [0.1, 0.15) is 0 Å². The third-order valence-electron chi connectivity index (χ3n) is 2.41. The lowest BCUT2D eigenvalue weighted by Gasteiger charge is -2.17. The second kappa shape index (κ2) is 8.98. The zero-order valence-corrected chi connectivity index (χ0v) is 10.9. The lowest BCUT2D eigenvalue weighted by atomic mass is 10.1. The molecule has 2 unspecified atom stereocenters. The summed E-state index contributed by atoms with van der Waals surface area (Å²) in [6.07, 6.45) is 1.90. The van der Waals surface area contributed by atoms with E-state index < -0.39 is 5.97 Å². The van der Waals surface area contributed by atoms with Crippen molar-refractivity contribution in [2.24, 2.45) is 5.92 Å². The molecule has 0 spiro atoms. The summed E-state index contributed by atoms with van der Waals surface area (Å²) in [7, 11) is 1.60. The van der Waals surface area contributed by atoms with Crippen molar-refractivity contribution in [1.82, 2.24) is 5.32 Å². The van der Waals surface area contributed by atoms with Gasteiger partial charge in [-0.15, -0.1) is 0 Å². The maximum absolute atomic E-state index is 11.6. The molecule has 0 radical (unpaired) electrons. The average Bonchev–Trinajstić information content (AvgIpc) is 2.16. The van der Waals surface area contributed by atoms with E-state index in [4.69, 9.17) is 9.84 Å². The smallest absolute Gasteiger partial charge is 0.305 e. The van der Waals surface area contributed by atoms with Gasteiger partial charge in [-0.05, 0) is 12.3 Å². The van der Waals surface area contributed by atoms with Crippen molar-refractivity contribution in [2.75, 3.05) is 13.7 Å². The number of aliphatic carboxylic acids is 1. The fraction of sp³-hybridized carbons (Fsp3) is 0.833. The monoisotopic (exact) mass is 245 g/mol. The van der Waals surface area contributed by atoms with E-state index in [9.17, 15) is 9.59 Å². The molecular weight excluding hydrogens is 222 g/mol. The number of methoxy groups -OCH3 is 1. The Bertz CT molecular complexity index is 243. The molecule has 5 nitrogen and oxygen atoms in total. The second-order valence-electron chi connectivity index (χ2n) is 4.42. The van der Waals surface area contributed by atoms with Gasteiger partial charge in [-0.1, -0.05) is 20.3 Å². The van der Waals surface area contributed by atoms with Crippen LogP contribution in [0.5, 0.6) is 0 Å². The first-order chi connectivity index (χ1) is 7.99. The van der Waals surface area contributed by atoms with Crippen LogP contribution in [0.3, 0.4) is 0 Å². The third-order valence-corrected chi connectivity index (χ3v) is 2.41. The highest BCUT2D eigenvalue weighted by atomic mass is 16.5. The Morgan fingerprint density at radius 2 is 2.00 bits per heavy atom. The van der Waals surface area contributed by atoms with E-state index in [2.05, 4.69) is 5.32 Å². The van der Waals surface area contributed by atoms with E-state index in [-0.39, 0.29) is 24.3 Å². The molecule has 0 aromatic heterocycles. The Morgan fingerprint density at radius 3 is 2.47 bits per heavy atom. The Labute approximate surface area is 103 Å². The highest BCUT2D eigenvalue weighted by molar-refractivity contribution is 5.77. The first kappa shape index (κ1) is 15.9. The molecule has 0 bridgehead atoms. The van der Waals surface area contributed by atoms with E-state index >= 15 is 0 Å². The van der Waals surface area contributed by atoms with Gasteiger partial charge >= 0.3 is 5.97 Å². The van der Waals surface area contributed by atoms with Crippen LogP contribution in [0, 0.1) is 5.92 Å². The summed E-state index contributed by atoms with van der Waals surface area (Å²) >= 11 is 0. The van der Waals surface area contributed by atoms with Crippen LogP contribution in [0.1, 0.15) is 39.5 Å². The van der Waals surface area contributed by atoms with Crippen LogP contribution < -0.4 is 5.32 Å². The van der Waals surface area contributed by atoms with E-state index in [1.807, 2.05) is 13.8 Å². The molecule has 0 saturated carbocycles. The van der Waals surface area contributed by atoms with E-state index in [1.54, 1.807) is 7.11 Å².